The molecule has 0 aliphatic heterocycles. The van der Waals surface area contributed by atoms with Crippen LogP contribution in [0.3, 0.4) is 0 Å². The Bertz CT molecular complexity index is 408. The van der Waals surface area contributed by atoms with Crippen LogP contribution in [0.25, 0.3) is 0 Å². The minimum Gasteiger partial charge on any atom is -0.444 e. The zero-order chi connectivity index (χ0) is 13.0. The molecule has 0 spiro atoms. The normalized spacial score (nSPS) is 23.4. The lowest BCUT2D eigenvalue weighted by molar-refractivity contribution is 0.0728. The summed E-state index contributed by atoms with van der Waals surface area (Å²) in [6, 6.07) is 6.83. The van der Waals surface area contributed by atoms with Crippen molar-refractivity contribution in [3.05, 3.63) is 29.3 Å². The van der Waals surface area contributed by atoms with Gasteiger partial charge in [0.05, 0.1) is 0 Å². The number of benzene rings is 1. The lowest BCUT2D eigenvalue weighted by atomic mass is 9.93. The number of anilines is 1. The monoisotopic (exact) mass is 268 g/mol. The number of halogens is 1. The molecule has 0 aromatic heterocycles. The molecule has 5 heteroatoms. The molecule has 98 valence electrons. The predicted molar refractivity (Wildman–Crippen MR) is 71.8 cm³/mol. The molecule has 0 radical (unpaired) electrons. The Kier molecular flexibility index (Phi) is 4.44. The smallest absolute Gasteiger partial charge is 0.411 e. The Morgan fingerprint density at radius 1 is 1.28 bits per heavy atom. The standard InChI is InChI=1S/C13H17ClN2O2/c14-9-5-7-10(8-6-9)16-13(17)18-12-4-2-1-3-11(12)15/h5-8,11-12H,1-4,15H2,(H,16,17). The maximum atomic E-state index is 11.7. The molecular formula is C13H17ClN2O2. The van der Waals surface area contributed by atoms with Crippen LogP contribution in [-0.4, -0.2) is 18.2 Å². The topological polar surface area (TPSA) is 64.3 Å². The second kappa shape index (κ2) is 6.07. The third-order valence-electron chi connectivity index (χ3n) is 3.10. The Morgan fingerprint density at radius 2 is 1.94 bits per heavy atom. The van der Waals surface area contributed by atoms with E-state index in [4.69, 9.17) is 22.1 Å². The maximum absolute atomic E-state index is 11.7. The van der Waals surface area contributed by atoms with Crippen LogP contribution in [0.5, 0.6) is 0 Å². The Labute approximate surface area is 111 Å². The van der Waals surface area contributed by atoms with E-state index in [2.05, 4.69) is 5.32 Å². The quantitative estimate of drug-likeness (QED) is 0.866. The number of carbonyl (C=O) groups is 1. The number of hydrogen-bond acceptors (Lipinski definition) is 3. The summed E-state index contributed by atoms with van der Waals surface area (Å²) in [4.78, 5) is 11.7. The van der Waals surface area contributed by atoms with Gasteiger partial charge < -0.3 is 10.5 Å². The fraction of sp³-hybridized carbons (Fsp3) is 0.462. The van der Waals surface area contributed by atoms with Crippen LogP contribution < -0.4 is 11.1 Å². The van der Waals surface area contributed by atoms with Crippen molar-refractivity contribution in [1.29, 1.82) is 0 Å². The van der Waals surface area contributed by atoms with E-state index in [1.165, 1.54) is 0 Å². The highest BCUT2D eigenvalue weighted by molar-refractivity contribution is 6.30. The summed E-state index contributed by atoms with van der Waals surface area (Å²) in [5, 5.41) is 3.29. The van der Waals surface area contributed by atoms with Gasteiger partial charge in [-0.1, -0.05) is 18.0 Å². The van der Waals surface area contributed by atoms with Crippen molar-refractivity contribution in [1.82, 2.24) is 0 Å². The molecule has 3 N–H and O–H groups in total. The first-order chi connectivity index (χ1) is 8.65. The molecule has 0 bridgehead atoms. The summed E-state index contributed by atoms with van der Waals surface area (Å²) >= 11 is 5.76. The minimum atomic E-state index is -0.459. The van der Waals surface area contributed by atoms with Gasteiger partial charge in [-0.15, -0.1) is 0 Å². The van der Waals surface area contributed by atoms with Crippen LogP contribution in [0, 0.1) is 0 Å². The van der Waals surface area contributed by atoms with Gasteiger partial charge in [-0.2, -0.15) is 0 Å². The second-order valence-corrected chi connectivity index (χ2v) is 4.96. The van der Waals surface area contributed by atoms with Crippen LogP contribution in [0.2, 0.25) is 5.02 Å². The molecule has 1 amide bonds. The second-order valence-electron chi connectivity index (χ2n) is 4.52. The van der Waals surface area contributed by atoms with Crippen molar-refractivity contribution in [2.24, 2.45) is 5.73 Å². The molecule has 1 aliphatic rings. The lowest BCUT2D eigenvalue weighted by Crippen LogP contribution is -2.41. The number of carbonyl (C=O) groups excluding carboxylic acids is 1. The number of rotatable bonds is 2. The highest BCUT2D eigenvalue weighted by atomic mass is 35.5. The van der Waals surface area contributed by atoms with E-state index in [-0.39, 0.29) is 12.1 Å². The number of hydrogen-bond donors (Lipinski definition) is 2. The molecule has 18 heavy (non-hydrogen) atoms. The van der Waals surface area contributed by atoms with Gasteiger partial charge in [-0.25, -0.2) is 4.79 Å². The fourth-order valence-corrected chi connectivity index (χ4v) is 2.22. The predicted octanol–water partition coefficient (Wildman–Crippen LogP) is 3.16. The van der Waals surface area contributed by atoms with Gasteiger partial charge in [0.2, 0.25) is 0 Å². The van der Waals surface area contributed by atoms with Crippen LogP contribution in [-0.2, 0) is 4.74 Å². The zero-order valence-electron chi connectivity index (χ0n) is 10.1. The van der Waals surface area contributed by atoms with Crippen molar-refractivity contribution < 1.29 is 9.53 Å². The largest absolute Gasteiger partial charge is 0.444 e. The highest BCUT2D eigenvalue weighted by Crippen LogP contribution is 2.20. The number of nitrogens with two attached hydrogens (primary N) is 1. The van der Waals surface area contributed by atoms with E-state index < -0.39 is 6.09 Å². The summed E-state index contributed by atoms with van der Waals surface area (Å²) in [5.41, 5.74) is 6.58. The summed E-state index contributed by atoms with van der Waals surface area (Å²) in [5.74, 6) is 0. The third-order valence-corrected chi connectivity index (χ3v) is 3.35. The Morgan fingerprint density at radius 3 is 2.61 bits per heavy atom. The third kappa shape index (κ3) is 3.62. The molecule has 1 fully saturated rings. The number of nitrogens with one attached hydrogen (secondary N) is 1. The summed E-state index contributed by atoms with van der Waals surface area (Å²) in [6.45, 7) is 0. The van der Waals surface area contributed by atoms with Crippen molar-refractivity contribution in [2.45, 2.75) is 37.8 Å². The molecule has 2 unspecified atom stereocenters. The van der Waals surface area contributed by atoms with Crippen LogP contribution in [0.15, 0.2) is 24.3 Å². The zero-order valence-corrected chi connectivity index (χ0v) is 10.8. The minimum absolute atomic E-state index is 0.0466. The summed E-state index contributed by atoms with van der Waals surface area (Å²) in [7, 11) is 0. The Hall–Kier alpha value is -1.26. The molecule has 2 atom stereocenters. The maximum Gasteiger partial charge on any atom is 0.411 e. The van der Waals surface area contributed by atoms with Crippen LogP contribution >= 0.6 is 11.6 Å². The molecular weight excluding hydrogens is 252 g/mol. The van der Waals surface area contributed by atoms with Crippen molar-refractivity contribution in [3.8, 4) is 0 Å². The van der Waals surface area contributed by atoms with Gasteiger partial charge in [-0.05, 0) is 43.5 Å². The molecule has 0 saturated heterocycles. The van der Waals surface area contributed by atoms with Crippen molar-refractivity contribution >= 4 is 23.4 Å². The number of ether oxygens (including phenoxy) is 1. The first-order valence-electron chi connectivity index (χ1n) is 6.14. The van der Waals surface area contributed by atoms with E-state index in [0.29, 0.717) is 10.7 Å². The van der Waals surface area contributed by atoms with E-state index in [0.717, 1.165) is 25.7 Å². The molecule has 0 heterocycles. The molecule has 1 aromatic carbocycles. The fourth-order valence-electron chi connectivity index (χ4n) is 2.09. The van der Waals surface area contributed by atoms with E-state index in [1.54, 1.807) is 24.3 Å². The first-order valence-corrected chi connectivity index (χ1v) is 6.52. The number of amides is 1. The molecule has 4 nitrogen and oxygen atoms in total. The molecule has 1 aromatic rings. The van der Waals surface area contributed by atoms with Gasteiger partial charge in [0, 0.05) is 16.8 Å². The van der Waals surface area contributed by atoms with Crippen LogP contribution in [0.4, 0.5) is 10.5 Å². The Balaban J connectivity index is 1.86. The van der Waals surface area contributed by atoms with Gasteiger partial charge in [-0.3, -0.25) is 5.32 Å². The van der Waals surface area contributed by atoms with Crippen molar-refractivity contribution in [3.63, 3.8) is 0 Å². The summed E-state index contributed by atoms with van der Waals surface area (Å²) < 4.78 is 5.33. The summed E-state index contributed by atoms with van der Waals surface area (Å²) in [6.07, 6.45) is 3.30. The van der Waals surface area contributed by atoms with Gasteiger partial charge >= 0.3 is 6.09 Å². The lowest BCUT2D eigenvalue weighted by Gasteiger charge is -2.28. The average Bonchev–Trinajstić information content (AvgIpc) is 2.35. The van der Waals surface area contributed by atoms with Gasteiger partial charge in [0.25, 0.3) is 0 Å². The van der Waals surface area contributed by atoms with E-state index in [9.17, 15) is 4.79 Å². The first kappa shape index (κ1) is 13.2. The van der Waals surface area contributed by atoms with Gasteiger partial charge in [0.15, 0.2) is 0 Å². The van der Waals surface area contributed by atoms with E-state index >= 15 is 0 Å². The molecule has 2 rings (SSSR count). The average molecular weight is 269 g/mol. The SMILES string of the molecule is NC1CCCCC1OC(=O)Nc1ccc(Cl)cc1. The highest BCUT2D eigenvalue weighted by Gasteiger charge is 2.25. The molecule has 1 saturated carbocycles. The van der Waals surface area contributed by atoms with Crippen molar-refractivity contribution in [2.75, 3.05) is 5.32 Å². The van der Waals surface area contributed by atoms with E-state index in [1.807, 2.05) is 0 Å². The molecule has 1 aliphatic carbocycles. The van der Waals surface area contributed by atoms with Gasteiger partial charge in [0.1, 0.15) is 6.10 Å². The van der Waals surface area contributed by atoms with Crippen LogP contribution in [0.1, 0.15) is 25.7 Å².